The Hall–Kier alpha value is -0.710. The van der Waals surface area contributed by atoms with Crippen molar-refractivity contribution in [1.29, 1.82) is 0 Å². The second-order valence-electron chi connectivity index (χ2n) is 3.79. The highest BCUT2D eigenvalue weighted by Gasteiger charge is 2.04. The van der Waals surface area contributed by atoms with E-state index < -0.39 is 0 Å². The fourth-order valence-electron chi connectivity index (χ4n) is 1.47. The summed E-state index contributed by atoms with van der Waals surface area (Å²) in [4.78, 5) is 4.05. The van der Waals surface area contributed by atoms with Crippen LogP contribution in [0.1, 0.15) is 25.3 Å². The highest BCUT2D eigenvalue weighted by molar-refractivity contribution is 5.85. The Balaban J connectivity index is 0. The van der Waals surface area contributed by atoms with E-state index in [0.29, 0.717) is 5.82 Å². The van der Waals surface area contributed by atoms with Crippen molar-refractivity contribution >= 4 is 30.6 Å². The zero-order valence-corrected chi connectivity index (χ0v) is 11.8. The summed E-state index contributed by atoms with van der Waals surface area (Å²) in [5, 5.41) is 0. The molecule has 1 heterocycles. The first-order valence-electron chi connectivity index (χ1n) is 5.17. The van der Waals surface area contributed by atoms with Gasteiger partial charge in [-0.3, -0.25) is 0 Å². The van der Waals surface area contributed by atoms with Gasteiger partial charge in [0.05, 0.1) is 7.11 Å². The molecule has 0 aromatic carbocycles. The molecular formula is C11H21Cl2N3O. The third kappa shape index (κ3) is 6.56. The van der Waals surface area contributed by atoms with Crippen molar-refractivity contribution in [2.45, 2.75) is 32.2 Å². The lowest BCUT2D eigenvalue weighted by atomic mass is 10.1. The number of hydrogen-bond acceptors (Lipinski definition) is 4. The zero-order valence-electron chi connectivity index (χ0n) is 10.2. The number of nitrogens with zero attached hydrogens (tertiary/aromatic N) is 1. The van der Waals surface area contributed by atoms with Gasteiger partial charge in [0.15, 0.2) is 0 Å². The number of nitrogens with two attached hydrogens (primary N) is 2. The summed E-state index contributed by atoms with van der Waals surface area (Å²) in [6.07, 6.45) is 4.75. The first kappa shape index (κ1) is 18.6. The number of rotatable bonds is 5. The molecule has 0 amide bonds. The standard InChI is InChI=1S/C11H19N3O.2ClH/c1-8(12)4-3-5-9-7-14-11(13)6-10(9)15-2;;/h6-8H,3-5,12H2,1-2H3,(H2,13,14);2*1H/t8-;;/m0../s1. The van der Waals surface area contributed by atoms with Crippen LogP contribution in [0.15, 0.2) is 12.3 Å². The van der Waals surface area contributed by atoms with E-state index in [1.165, 1.54) is 0 Å². The van der Waals surface area contributed by atoms with Crippen molar-refractivity contribution in [2.24, 2.45) is 5.73 Å². The van der Waals surface area contributed by atoms with Crippen LogP contribution in [0.4, 0.5) is 5.82 Å². The molecule has 6 heteroatoms. The second kappa shape index (κ2) is 9.33. The lowest BCUT2D eigenvalue weighted by Crippen LogP contribution is -2.14. The lowest BCUT2D eigenvalue weighted by Gasteiger charge is -2.09. The van der Waals surface area contributed by atoms with E-state index in [1.54, 1.807) is 19.4 Å². The third-order valence-corrected chi connectivity index (χ3v) is 2.29. The molecule has 1 rings (SSSR count). The zero-order chi connectivity index (χ0) is 11.3. The highest BCUT2D eigenvalue weighted by atomic mass is 35.5. The molecule has 0 radical (unpaired) electrons. The van der Waals surface area contributed by atoms with Crippen LogP contribution in [0, 0.1) is 0 Å². The molecule has 0 saturated heterocycles. The van der Waals surface area contributed by atoms with E-state index in [0.717, 1.165) is 30.6 Å². The normalized spacial score (nSPS) is 11.0. The van der Waals surface area contributed by atoms with Gasteiger partial charge in [0.25, 0.3) is 0 Å². The van der Waals surface area contributed by atoms with Crippen molar-refractivity contribution in [2.75, 3.05) is 12.8 Å². The highest BCUT2D eigenvalue weighted by Crippen LogP contribution is 2.21. The lowest BCUT2D eigenvalue weighted by molar-refractivity contribution is 0.408. The molecule has 4 nitrogen and oxygen atoms in total. The smallest absolute Gasteiger partial charge is 0.127 e. The Kier molecular flexibility index (Phi) is 10.2. The van der Waals surface area contributed by atoms with E-state index in [4.69, 9.17) is 16.2 Å². The van der Waals surface area contributed by atoms with E-state index >= 15 is 0 Å². The number of pyridine rings is 1. The second-order valence-corrected chi connectivity index (χ2v) is 3.79. The van der Waals surface area contributed by atoms with Gasteiger partial charge in [-0.1, -0.05) is 0 Å². The minimum atomic E-state index is 0. The van der Waals surface area contributed by atoms with Gasteiger partial charge in [-0.15, -0.1) is 24.8 Å². The molecule has 17 heavy (non-hydrogen) atoms. The Bertz CT molecular complexity index is 322. The van der Waals surface area contributed by atoms with Gasteiger partial charge in [0.2, 0.25) is 0 Å². The van der Waals surface area contributed by atoms with E-state index in [9.17, 15) is 0 Å². The van der Waals surface area contributed by atoms with Crippen LogP contribution in [0.2, 0.25) is 0 Å². The Morgan fingerprint density at radius 3 is 2.59 bits per heavy atom. The number of aromatic nitrogens is 1. The van der Waals surface area contributed by atoms with E-state index in [1.807, 2.05) is 6.92 Å². The molecule has 1 aromatic rings. The number of ether oxygens (including phenoxy) is 1. The summed E-state index contributed by atoms with van der Waals surface area (Å²) in [6, 6.07) is 2.00. The van der Waals surface area contributed by atoms with Crippen LogP contribution in [0.25, 0.3) is 0 Å². The summed E-state index contributed by atoms with van der Waals surface area (Å²) in [6.45, 7) is 2.01. The number of halogens is 2. The van der Waals surface area contributed by atoms with Gasteiger partial charge in [-0.05, 0) is 26.2 Å². The van der Waals surface area contributed by atoms with Gasteiger partial charge in [-0.25, -0.2) is 4.98 Å². The number of hydrogen-bond donors (Lipinski definition) is 2. The van der Waals surface area contributed by atoms with Crippen molar-refractivity contribution in [3.8, 4) is 5.75 Å². The molecule has 0 fully saturated rings. The third-order valence-electron chi connectivity index (χ3n) is 2.29. The topological polar surface area (TPSA) is 74.2 Å². The molecule has 4 N–H and O–H groups in total. The molecule has 0 aliphatic rings. The molecule has 0 spiro atoms. The fraction of sp³-hybridized carbons (Fsp3) is 0.545. The monoisotopic (exact) mass is 281 g/mol. The number of methoxy groups -OCH3 is 1. The van der Waals surface area contributed by atoms with Crippen molar-refractivity contribution in [3.63, 3.8) is 0 Å². The quantitative estimate of drug-likeness (QED) is 0.868. The average Bonchev–Trinajstić information content (AvgIpc) is 2.19. The number of nitrogen functional groups attached to an aromatic ring is 1. The van der Waals surface area contributed by atoms with Gasteiger partial charge in [0.1, 0.15) is 11.6 Å². The fourth-order valence-corrected chi connectivity index (χ4v) is 1.47. The van der Waals surface area contributed by atoms with Gasteiger partial charge >= 0.3 is 0 Å². The van der Waals surface area contributed by atoms with Gasteiger partial charge in [0, 0.05) is 23.9 Å². The summed E-state index contributed by atoms with van der Waals surface area (Å²) in [5.41, 5.74) is 12.3. The van der Waals surface area contributed by atoms with Crippen LogP contribution in [-0.4, -0.2) is 18.1 Å². The largest absolute Gasteiger partial charge is 0.496 e. The first-order chi connectivity index (χ1) is 7.13. The van der Waals surface area contributed by atoms with Crippen LogP contribution >= 0.6 is 24.8 Å². The van der Waals surface area contributed by atoms with Gasteiger partial charge in [-0.2, -0.15) is 0 Å². The molecule has 1 atom stereocenters. The van der Waals surface area contributed by atoms with Crippen LogP contribution < -0.4 is 16.2 Å². The number of aryl methyl sites for hydroxylation is 1. The summed E-state index contributed by atoms with van der Waals surface area (Å²) in [7, 11) is 1.64. The molecular weight excluding hydrogens is 261 g/mol. The molecule has 0 saturated carbocycles. The maximum absolute atomic E-state index is 5.68. The Labute approximate surface area is 115 Å². The van der Waals surface area contributed by atoms with Crippen molar-refractivity contribution < 1.29 is 4.74 Å². The summed E-state index contributed by atoms with van der Waals surface area (Å²) < 4.78 is 5.23. The van der Waals surface area contributed by atoms with Gasteiger partial charge < -0.3 is 16.2 Å². The van der Waals surface area contributed by atoms with E-state index in [2.05, 4.69) is 4.98 Å². The van der Waals surface area contributed by atoms with Crippen LogP contribution in [-0.2, 0) is 6.42 Å². The molecule has 100 valence electrons. The maximum Gasteiger partial charge on any atom is 0.127 e. The minimum absolute atomic E-state index is 0. The first-order valence-corrected chi connectivity index (χ1v) is 5.17. The molecule has 0 aliphatic carbocycles. The Morgan fingerprint density at radius 2 is 2.06 bits per heavy atom. The van der Waals surface area contributed by atoms with Crippen LogP contribution in [0.3, 0.4) is 0 Å². The predicted octanol–water partition coefficient (Wildman–Crippen LogP) is 2.19. The summed E-state index contributed by atoms with van der Waals surface area (Å²) in [5.74, 6) is 1.30. The molecule has 1 aromatic heterocycles. The van der Waals surface area contributed by atoms with E-state index in [-0.39, 0.29) is 30.9 Å². The summed E-state index contributed by atoms with van der Waals surface area (Å²) >= 11 is 0. The number of anilines is 1. The molecule has 0 bridgehead atoms. The van der Waals surface area contributed by atoms with Crippen molar-refractivity contribution in [1.82, 2.24) is 4.98 Å². The molecule has 0 unspecified atom stereocenters. The van der Waals surface area contributed by atoms with Crippen LogP contribution in [0.5, 0.6) is 5.75 Å². The minimum Gasteiger partial charge on any atom is -0.496 e. The van der Waals surface area contributed by atoms with Crippen molar-refractivity contribution in [3.05, 3.63) is 17.8 Å². The molecule has 0 aliphatic heterocycles. The average molecular weight is 282 g/mol. The SMILES string of the molecule is COc1cc(N)ncc1CCC[C@H](C)N.Cl.Cl. The maximum atomic E-state index is 5.68. The Morgan fingerprint density at radius 1 is 1.41 bits per heavy atom. The predicted molar refractivity (Wildman–Crippen MR) is 76.3 cm³/mol.